The number of carboxylic acid groups (broad SMARTS) is 1. The summed E-state index contributed by atoms with van der Waals surface area (Å²) in [6.45, 7) is 3.59. The molecule has 0 atom stereocenters. The van der Waals surface area contributed by atoms with Gasteiger partial charge in [0.25, 0.3) is 0 Å². The van der Waals surface area contributed by atoms with E-state index in [0.717, 1.165) is 16.7 Å². The highest BCUT2D eigenvalue weighted by atomic mass is 16.5. The number of aromatic carboxylic acids is 1. The Morgan fingerprint density at radius 1 is 0.905 bits per heavy atom. The summed E-state index contributed by atoms with van der Waals surface area (Å²) in [4.78, 5) is 22.8. The maximum absolute atomic E-state index is 11.7. The standard InChI is InChI=1S/C17H16O4/c1-10-4-5-13(9-15(10)17(20)21-3)12-6-7-14(16(18)19)11(2)8-12/h4-9H,1-3H3,(H,18,19). The van der Waals surface area contributed by atoms with Gasteiger partial charge in [0.15, 0.2) is 0 Å². The molecule has 0 aliphatic rings. The van der Waals surface area contributed by atoms with Crippen molar-refractivity contribution in [1.82, 2.24) is 0 Å². The van der Waals surface area contributed by atoms with Crippen LogP contribution in [0.1, 0.15) is 31.8 Å². The molecule has 4 nitrogen and oxygen atoms in total. The van der Waals surface area contributed by atoms with Crippen LogP contribution < -0.4 is 0 Å². The van der Waals surface area contributed by atoms with Gasteiger partial charge in [-0.3, -0.25) is 0 Å². The SMILES string of the molecule is COC(=O)c1cc(-c2ccc(C(=O)O)c(C)c2)ccc1C. The number of aryl methyl sites for hydroxylation is 2. The highest BCUT2D eigenvalue weighted by Gasteiger charge is 2.12. The largest absolute Gasteiger partial charge is 0.478 e. The fourth-order valence-corrected chi connectivity index (χ4v) is 2.21. The number of carbonyl (C=O) groups is 2. The van der Waals surface area contributed by atoms with E-state index in [-0.39, 0.29) is 11.5 Å². The van der Waals surface area contributed by atoms with Crippen molar-refractivity contribution >= 4 is 11.9 Å². The Bertz CT molecular complexity index is 717. The second-order valence-electron chi connectivity index (χ2n) is 4.86. The van der Waals surface area contributed by atoms with Crippen molar-refractivity contribution in [3.8, 4) is 11.1 Å². The van der Waals surface area contributed by atoms with E-state index in [2.05, 4.69) is 0 Å². The highest BCUT2D eigenvalue weighted by molar-refractivity contribution is 5.93. The number of carboxylic acids is 1. The Labute approximate surface area is 123 Å². The number of hydrogen-bond donors (Lipinski definition) is 1. The van der Waals surface area contributed by atoms with E-state index in [1.807, 2.05) is 19.1 Å². The zero-order valence-corrected chi connectivity index (χ0v) is 12.1. The van der Waals surface area contributed by atoms with Gasteiger partial charge < -0.3 is 9.84 Å². The van der Waals surface area contributed by atoms with Crippen molar-refractivity contribution in [2.75, 3.05) is 7.11 Å². The topological polar surface area (TPSA) is 63.6 Å². The molecule has 21 heavy (non-hydrogen) atoms. The average Bonchev–Trinajstić information content (AvgIpc) is 2.46. The maximum Gasteiger partial charge on any atom is 0.338 e. The Hall–Kier alpha value is -2.62. The van der Waals surface area contributed by atoms with Crippen LogP contribution in [0.2, 0.25) is 0 Å². The normalized spacial score (nSPS) is 10.2. The molecule has 0 amide bonds. The monoisotopic (exact) mass is 284 g/mol. The van der Waals surface area contributed by atoms with Crippen LogP contribution in [0.15, 0.2) is 36.4 Å². The van der Waals surface area contributed by atoms with Gasteiger partial charge in [0.1, 0.15) is 0 Å². The number of carbonyl (C=O) groups excluding carboxylic acids is 1. The summed E-state index contributed by atoms with van der Waals surface area (Å²) in [6, 6.07) is 10.6. The van der Waals surface area contributed by atoms with Gasteiger partial charge in [0.05, 0.1) is 18.2 Å². The first-order chi connectivity index (χ1) is 9.93. The molecule has 0 spiro atoms. The van der Waals surface area contributed by atoms with Gasteiger partial charge in [-0.15, -0.1) is 0 Å². The summed E-state index contributed by atoms with van der Waals surface area (Å²) in [5.74, 6) is -1.33. The summed E-state index contributed by atoms with van der Waals surface area (Å²) < 4.78 is 4.77. The summed E-state index contributed by atoms with van der Waals surface area (Å²) >= 11 is 0. The van der Waals surface area contributed by atoms with Crippen molar-refractivity contribution < 1.29 is 19.4 Å². The lowest BCUT2D eigenvalue weighted by molar-refractivity contribution is 0.0599. The Kier molecular flexibility index (Phi) is 4.08. The van der Waals surface area contributed by atoms with Crippen molar-refractivity contribution in [2.24, 2.45) is 0 Å². The zero-order valence-electron chi connectivity index (χ0n) is 12.1. The molecule has 0 aliphatic heterocycles. The number of ether oxygens (including phenoxy) is 1. The zero-order chi connectivity index (χ0) is 15.6. The summed E-state index contributed by atoms with van der Waals surface area (Å²) in [5.41, 5.74) is 4.02. The Morgan fingerprint density at radius 2 is 1.52 bits per heavy atom. The minimum Gasteiger partial charge on any atom is -0.478 e. The number of hydrogen-bond acceptors (Lipinski definition) is 3. The lowest BCUT2D eigenvalue weighted by Crippen LogP contribution is -2.04. The molecule has 2 aromatic carbocycles. The molecular formula is C17H16O4. The van der Waals surface area contributed by atoms with Crippen LogP contribution in [-0.2, 0) is 4.74 Å². The van der Waals surface area contributed by atoms with E-state index in [1.54, 1.807) is 31.2 Å². The van der Waals surface area contributed by atoms with E-state index in [4.69, 9.17) is 9.84 Å². The number of rotatable bonds is 3. The van der Waals surface area contributed by atoms with Gasteiger partial charge in [-0.1, -0.05) is 24.3 Å². The van der Waals surface area contributed by atoms with Gasteiger partial charge in [0, 0.05) is 0 Å². The quantitative estimate of drug-likeness (QED) is 0.877. The van der Waals surface area contributed by atoms with Crippen LogP contribution in [0.5, 0.6) is 0 Å². The van der Waals surface area contributed by atoms with Crippen LogP contribution in [0.25, 0.3) is 11.1 Å². The second-order valence-corrected chi connectivity index (χ2v) is 4.86. The molecule has 0 aromatic heterocycles. The smallest absolute Gasteiger partial charge is 0.338 e. The van der Waals surface area contributed by atoms with E-state index in [0.29, 0.717) is 11.1 Å². The van der Waals surface area contributed by atoms with Crippen LogP contribution in [0.4, 0.5) is 0 Å². The molecule has 108 valence electrons. The van der Waals surface area contributed by atoms with Gasteiger partial charge >= 0.3 is 11.9 Å². The highest BCUT2D eigenvalue weighted by Crippen LogP contribution is 2.25. The molecule has 0 heterocycles. The van der Waals surface area contributed by atoms with Gasteiger partial charge in [0.2, 0.25) is 0 Å². The molecule has 2 rings (SSSR count). The lowest BCUT2D eigenvalue weighted by Gasteiger charge is -2.09. The first kappa shape index (κ1) is 14.8. The van der Waals surface area contributed by atoms with E-state index < -0.39 is 5.97 Å². The third-order valence-corrected chi connectivity index (χ3v) is 3.43. The van der Waals surface area contributed by atoms with Crippen LogP contribution >= 0.6 is 0 Å². The van der Waals surface area contributed by atoms with Gasteiger partial charge in [-0.2, -0.15) is 0 Å². The fraction of sp³-hybridized carbons (Fsp3) is 0.176. The predicted molar refractivity (Wildman–Crippen MR) is 79.7 cm³/mol. The molecule has 1 N–H and O–H groups in total. The van der Waals surface area contributed by atoms with Crippen molar-refractivity contribution in [3.63, 3.8) is 0 Å². The molecule has 0 radical (unpaired) electrons. The van der Waals surface area contributed by atoms with Crippen molar-refractivity contribution in [2.45, 2.75) is 13.8 Å². The molecule has 0 bridgehead atoms. The van der Waals surface area contributed by atoms with Crippen molar-refractivity contribution in [3.05, 3.63) is 58.7 Å². The first-order valence-corrected chi connectivity index (χ1v) is 6.47. The predicted octanol–water partition coefficient (Wildman–Crippen LogP) is 3.46. The van der Waals surface area contributed by atoms with E-state index >= 15 is 0 Å². The third kappa shape index (κ3) is 2.94. The van der Waals surface area contributed by atoms with Crippen molar-refractivity contribution in [1.29, 1.82) is 0 Å². The maximum atomic E-state index is 11.7. The number of methoxy groups -OCH3 is 1. The minimum atomic E-state index is -0.946. The third-order valence-electron chi connectivity index (χ3n) is 3.43. The van der Waals surface area contributed by atoms with Gasteiger partial charge in [-0.05, 0) is 48.2 Å². The van der Waals surface area contributed by atoms with Crippen LogP contribution in [0.3, 0.4) is 0 Å². The number of esters is 1. The van der Waals surface area contributed by atoms with Crippen LogP contribution in [0, 0.1) is 13.8 Å². The average molecular weight is 284 g/mol. The molecule has 0 unspecified atom stereocenters. The molecule has 4 heteroatoms. The molecule has 0 fully saturated rings. The van der Waals surface area contributed by atoms with E-state index in [1.165, 1.54) is 7.11 Å². The molecule has 0 saturated heterocycles. The minimum absolute atomic E-state index is 0.277. The fourth-order valence-electron chi connectivity index (χ4n) is 2.21. The molecular weight excluding hydrogens is 268 g/mol. The molecule has 0 aliphatic carbocycles. The number of benzene rings is 2. The lowest BCUT2D eigenvalue weighted by atomic mass is 9.97. The first-order valence-electron chi connectivity index (χ1n) is 6.47. The summed E-state index contributed by atoms with van der Waals surface area (Å²) in [7, 11) is 1.35. The second kappa shape index (κ2) is 5.79. The Morgan fingerprint density at radius 3 is 2.10 bits per heavy atom. The molecule has 0 saturated carbocycles. The molecule has 2 aromatic rings. The summed E-state index contributed by atoms with van der Waals surface area (Å²) in [6.07, 6.45) is 0. The summed E-state index contributed by atoms with van der Waals surface area (Å²) in [5, 5.41) is 9.05. The van der Waals surface area contributed by atoms with E-state index in [9.17, 15) is 9.59 Å². The Balaban J connectivity index is 2.50. The van der Waals surface area contributed by atoms with Gasteiger partial charge in [-0.25, -0.2) is 9.59 Å². The van der Waals surface area contributed by atoms with Crippen LogP contribution in [-0.4, -0.2) is 24.2 Å².